The van der Waals surface area contributed by atoms with E-state index in [9.17, 15) is 9.90 Å². The van der Waals surface area contributed by atoms with Gasteiger partial charge in [-0.1, -0.05) is 23.2 Å². The molecule has 2 aromatic rings. The van der Waals surface area contributed by atoms with Gasteiger partial charge in [0, 0.05) is 17.6 Å². The van der Waals surface area contributed by atoms with Gasteiger partial charge in [0.2, 0.25) is 11.7 Å². The first-order valence-corrected chi connectivity index (χ1v) is 6.32. The summed E-state index contributed by atoms with van der Waals surface area (Å²) in [6.45, 7) is 3.39. The Morgan fingerprint density at radius 3 is 2.47 bits per heavy atom. The lowest BCUT2D eigenvalue weighted by molar-refractivity contribution is 0.103. The van der Waals surface area contributed by atoms with Crippen LogP contribution in [0.3, 0.4) is 0 Å². The number of benzene rings is 1. The molecule has 0 bridgehead atoms. The Kier molecular flexibility index (Phi) is 3.56. The van der Waals surface area contributed by atoms with Crippen molar-refractivity contribution in [2.24, 2.45) is 7.05 Å². The van der Waals surface area contributed by atoms with Gasteiger partial charge in [-0.2, -0.15) is 5.10 Å². The predicted octanol–water partition coefficient (Wildman–Crippen LogP) is 3.28. The lowest BCUT2D eigenvalue weighted by Gasteiger charge is -2.07. The summed E-state index contributed by atoms with van der Waals surface area (Å²) in [5.74, 6) is -0.543. The third-order valence-electron chi connectivity index (χ3n) is 2.98. The van der Waals surface area contributed by atoms with Crippen LogP contribution in [0.5, 0.6) is 5.88 Å². The first-order chi connectivity index (χ1) is 8.84. The number of halogens is 2. The number of hydrogen-bond acceptors (Lipinski definition) is 3. The van der Waals surface area contributed by atoms with Crippen LogP contribution < -0.4 is 0 Å². The number of aryl methyl sites for hydroxylation is 2. The van der Waals surface area contributed by atoms with E-state index in [0.717, 1.165) is 0 Å². The van der Waals surface area contributed by atoms with E-state index < -0.39 is 0 Å². The summed E-state index contributed by atoms with van der Waals surface area (Å²) in [6, 6.07) is 3.16. The maximum absolute atomic E-state index is 12.4. The van der Waals surface area contributed by atoms with Crippen LogP contribution in [-0.4, -0.2) is 20.7 Å². The zero-order valence-electron chi connectivity index (χ0n) is 10.7. The lowest BCUT2D eigenvalue weighted by Crippen LogP contribution is -2.04. The van der Waals surface area contributed by atoms with E-state index in [0.29, 0.717) is 26.9 Å². The molecule has 0 atom stereocenters. The highest BCUT2D eigenvalue weighted by Gasteiger charge is 2.24. The zero-order chi connectivity index (χ0) is 14.3. The number of ketones is 1. The van der Waals surface area contributed by atoms with Gasteiger partial charge < -0.3 is 5.11 Å². The highest BCUT2D eigenvalue weighted by Crippen LogP contribution is 2.31. The monoisotopic (exact) mass is 298 g/mol. The van der Waals surface area contributed by atoms with Crippen LogP contribution in [0.2, 0.25) is 10.0 Å². The number of aromatic hydroxyl groups is 1. The van der Waals surface area contributed by atoms with Gasteiger partial charge >= 0.3 is 0 Å². The first kappa shape index (κ1) is 13.9. The molecule has 0 unspecified atom stereocenters. The number of aromatic nitrogens is 2. The average molecular weight is 299 g/mol. The van der Waals surface area contributed by atoms with Crippen molar-refractivity contribution in [1.29, 1.82) is 0 Å². The number of carbonyl (C=O) groups is 1. The van der Waals surface area contributed by atoms with Crippen LogP contribution in [0.1, 0.15) is 27.2 Å². The van der Waals surface area contributed by atoms with Crippen molar-refractivity contribution in [3.05, 3.63) is 44.6 Å². The number of rotatable bonds is 2. The third-order valence-corrected chi connectivity index (χ3v) is 3.88. The van der Waals surface area contributed by atoms with Crippen LogP contribution in [0.4, 0.5) is 0 Å². The summed E-state index contributed by atoms with van der Waals surface area (Å²) in [7, 11) is 1.56. The predicted molar refractivity (Wildman–Crippen MR) is 74.2 cm³/mol. The molecule has 1 N–H and O–H groups in total. The lowest BCUT2D eigenvalue weighted by atomic mass is 10.0. The van der Waals surface area contributed by atoms with Gasteiger partial charge in [-0.25, -0.2) is 4.68 Å². The smallest absolute Gasteiger partial charge is 0.220 e. The Bertz CT molecular complexity index is 678. The maximum Gasteiger partial charge on any atom is 0.220 e. The molecule has 1 aromatic heterocycles. The van der Waals surface area contributed by atoms with E-state index in [1.165, 1.54) is 4.68 Å². The Balaban J connectivity index is 2.60. The standard InChI is InChI=1S/C13H12Cl2N2O2/c1-6-9(14)5-4-8(11(6)15)12(18)10-7(2)16-17(3)13(10)19/h4-5,19H,1-3H3. The molecule has 0 radical (unpaired) electrons. The van der Waals surface area contributed by atoms with Crippen molar-refractivity contribution < 1.29 is 9.90 Å². The molecule has 2 rings (SSSR count). The summed E-state index contributed by atoms with van der Waals surface area (Å²) in [4.78, 5) is 12.4. The van der Waals surface area contributed by atoms with Crippen LogP contribution >= 0.6 is 23.2 Å². The van der Waals surface area contributed by atoms with Crippen LogP contribution in [-0.2, 0) is 7.05 Å². The van der Waals surface area contributed by atoms with Crippen LogP contribution in [0.25, 0.3) is 0 Å². The molecule has 0 saturated carbocycles. The second-order valence-electron chi connectivity index (χ2n) is 4.27. The van der Waals surface area contributed by atoms with E-state index in [-0.39, 0.29) is 17.2 Å². The van der Waals surface area contributed by atoms with E-state index in [4.69, 9.17) is 23.2 Å². The largest absolute Gasteiger partial charge is 0.493 e. The van der Waals surface area contributed by atoms with Gasteiger partial charge in [-0.3, -0.25) is 4.79 Å². The van der Waals surface area contributed by atoms with Gasteiger partial charge in [0.25, 0.3) is 0 Å². The van der Waals surface area contributed by atoms with Crippen molar-refractivity contribution in [3.8, 4) is 5.88 Å². The molecule has 0 amide bonds. The first-order valence-electron chi connectivity index (χ1n) is 5.56. The zero-order valence-corrected chi connectivity index (χ0v) is 12.2. The number of carbonyl (C=O) groups excluding carboxylic acids is 1. The minimum Gasteiger partial charge on any atom is -0.493 e. The number of hydrogen-bond donors (Lipinski definition) is 1. The van der Waals surface area contributed by atoms with Crippen molar-refractivity contribution in [1.82, 2.24) is 9.78 Å². The fourth-order valence-electron chi connectivity index (χ4n) is 1.88. The SMILES string of the molecule is Cc1nn(C)c(O)c1C(=O)c1ccc(Cl)c(C)c1Cl. The molecule has 0 fully saturated rings. The molecular weight excluding hydrogens is 287 g/mol. The third kappa shape index (κ3) is 2.22. The summed E-state index contributed by atoms with van der Waals surface area (Å²) < 4.78 is 1.25. The highest BCUT2D eigenvalue weighted by atomic mass is 35.5. The van der Waals surface area contributed by atoms with Gasteiger partial charge in [-0.15, -0.1) is 0 Å². The van der Waals surface area contributed by atoms with E-state index in [1.807, 2.05) is 0 Å². The molecule has 0 saturated heterocycles. The summed E-state index contributed by atoms with van der Waals surface area (Å²) in [6.07, 6.45) is 0. The Morgan fingerprint density at radius 1 is 1.32 bits per heavy atom. The number of nitrogens with zero attached hydrogens (tertiary/aromatic N) is 2. The second-order valence-corrected chi connectivity index (χ2v) is 5.06. The molecule has 0 aliphatic heterocycles. The minimum absolute atomic E-state index is 0.158. The Labute approximate surface area is 120 Å². The van der Waals surface area contributed by atoms with Crippen LogP contribution in [0, 0.1) is 13.8 Å². The molecule has 0 spiro atoms. The topological polar surface area (TPSA) is 55.1 Å². The molecule has 6 heteroatoms. The van der Waals surface area contributed by atoms with Crippen LogP contribution in [0.15, 0.2) is 12.1 Å². The maximum atomic E-state index is 12.4. The fourth-order valence-corrected chi connectivity index (χ4v) is 2.34. The molecule has 1 aromatic carbocycles. The Morgan fingerprint density at radius 2 is 1.95 bits per heavy atom. The van der Waals surface area contributed by atoms with Crippen molar-refractivity contribution in [3.63, 3.8) is 0 Å². The normalized spacial score (nSPS) is 10.8. The van der Waals surface area contributed by atoms with E-state index in [2.05, 4.69) is 5.10 Å². The molecular formula is C13H12Cl2N2O2. The van der Waals surface area contributed by atoms with Gasteiger partial charge in [-0.05, 0) is 31.5 Å². The van der Waals surface area contributed by atoms with Crippen molar-refractivity contribution >= 4 is 29.0 Å². The molecule has 0 aliphatic carbocycles. The van der Waals surface area contributed by atoms with E-state index in [1.54, 1.807) is 33.0 Å². The Hall–Kier alpha value is -1.52. The summed E-state index contributed by atoms with van der Waals surface area (Å²) in [5, 5.41) is 14.7. The molecule has 4 nitrogen and oxygen atoms in total. The molecule has 0 aliphatic rings. The molecule has 100 valence electrons. The quantitative estimate of drug-likeness (QED) is 0.866. The van der Waals surface area contributed by atoms with Gasteiger partial charge in [0.05, 0.1) is 10.7 Å². The van der Waals surface area contributed by atoms with Gasteiger partial charge in [0.1, 0.15) is 5.56 Å². The minimum atomic E-state index is -0.368. The van der Waals surface area contributed by atoms with Crippen molar-refractivity contribution in [2.75, 3.05) is 0 Å². The van der Waals surface area contributed by atoms with Crippen molar-refractivity contribution in [2.45, 2.75) is 13.8 Å². The summed E-state index contributed by atoms with van der Waals surface area (Å²) in [5.41, 5.74) is 1.55. The highest BCUT2D eigenvalue weighted by molar-refractivity contribution is 6.38. The van der Waals surface area contributed by atoms with E-state index >= 15 is 0 Å². The summed E-state index contributed by atoms with van der Waals surface area (Å²) >= 11 is 12.1. The van der Waals surface area contributed by atoms with Gasteiger partial charge in [0.15, 0.2) is 0 Å². The molecule has 19 heavy (non-hydrogen) atoms. The fraction of sp³-hybridized carbons (Fsp3) is 0.231. The second kappa shape index (κ2) is 4.87. The average Bonchev–Trinajstić information content (AvgIpc) is 2.60. The molecule has 1 heterocycles.